The molecular weight excluding hydrogens is 248 g/mol. The van der Waals surface area contributed by atoms with Gasteiger partial charge in [0.15, 0.2) is 0 Å². The van der Waals surface area contributed by atoms with Crippen LogP contribution in [0.2, 0.25) is 0 Å². The van der Waals surface area contributed by atoms with Crippen molar-refractivity contribution in [2.24, 2.45) is 11.7 Å². The summed E-state index contributed by atoms with van der Waals surface area (Å²) < 4.78 is 5.32. The third kappa shape index (κ3) is 4.00. The summed E-state index contributed by atoms with van der Waals surface area (Å²) in [5.74, 6) is 7.85. The average Bonchev–Trinajstić information content (AvgIpc) is 2.41. The number of benzene rings is 1. The summed E-state index contributed by atoms with van der Waals surface area (Å²) in [7, 11) is 3.88. The lowest BCUT2D eigenvalue weighted by Crippen LogP contribution is -2.29. The Bertz CT molecular complexity index is 497. The third-order valence-electron chi connectivity index (χ3n) is 3.87. The van der Waals surface area contributed by atoms with E-state index in [1.54, 1.807) is 7.11 Å². The van der Waals surface area contributed by atoms with Crippen LogP contribution in [0.5, 0.6) is 5.75 Å². The van der Waals surface area contributed by atoms with Gasteiger partial charge in [0.1, 0.15) is 5.75 Å². The third-order valence-corrected chi connectivity index (χ3v) is 3.87. The molecule has 0 bridgehead atoms. The molecule has 1 aromatic rings. The molecular formula is C17H24N2O. The average molecular weight is 272 g/mol. The second-order valence-corrected chi connectivity index (χ2v) is 5.52. The van der Waals surface area contributed by atoms with E-state index >= 15 is 0 Å². The van der Waals surface area contributed by atoms with Crippen LogP contribution < -0.4 is 10.5 Å². The van der Waals surface area contributed by atoms with E-state index in [2.05, 4.69) is 29.9 Å². The number of nitrogens with zero attached hydrogens (tertiary/aromatic N) is 1. The Morgan fingerprint density at radius 1 is 1.40 bits per heavy atom. The minimum atomic E-state index is 0.392. The molecule has 0 unspecified atom stereocenters. The Balaban J connectivity index is 2.09. The Labute approximate surface area is 122 Å². The van der Waals surface area contributed by atoms with Gasteiger partial charge in [0.05, 0.1) is 13.7 Å². The van der Waals surface area contributed by atoms with Gasteiger partial charge >= 0.3 is 0 Å². The van der Waals surface area contributed by atoms with Crippen LogP contribution in [-0.2, 0) is 6.54 Å². The Morgan fingerprint density at radius 3 is 2.80 bits per heavy atom. The van der Waals surface area contributed by atoms with Crippen molar-refractivity contribution < 1.29 is 4.74 Å². The monoisotopic (exact) mass is 272 g/mol. The lowest BCUT2D eigenvalue weighted by Gasteiger charge is -2.30. The highest BCUT2D eigenvalue weighted by molar-refractivity contribution is 5.45. The first-order chi connectivity index (χ1) is 9.72. The first kappa shape index (κ1) is 14.9. The van der Waals surface area contributed by atoms with Crippen molar-refractivity contribution in [3.8, 4) is 17.6 Å². The van der Waals surface area contributed by atoms with E-state index in [-0.39, 0.29) is 0 Å². The molecule has 0 aliphatic heterocycles. The Kier molecular flexibility index (Phi) is 5.46. The van der Waals surface area contributed by atoms with Crippen molar-refractivity contribution in [1.82, 2.24) is 4.90 Å². The number of nitrogens with two attached hydrogens (primary N) is 1. The van der Waals surface area contributed by atoms with Crippen molar-refractivity contribution in [3.05, 3.63) is 29.3 Å². The summed E-state index contributed by atoms with van der Waals surface area (Å²) >= 11 is 0. The molecule has 0 spiro atoms. The SMILES string of the molecule is COc1ccc(C#CCN)c(CN(C)CC2CCC2)c1. The molecule has 0 aromatic heterocycles. The first-order valence-corrected chi connectivity index (χ1v) is 7.27. The van der Waals surface area contributed by atoms with E-state index in [0.29, 0.717) is 6.54 Å². The maximum atomic E-state index is 5.47. The number of hydrogen-bond acceptors (Lipinski definition) is 3. The molecule has 1 aliphatic carbocycles. The largest absolute Gasteiger partial charge is 0.497 e. The standard InChI is InChI=1S/C17H24N2O/c1-19(12-14-5-3-6-14)13-16-11-17(20-2)9-8-15(16)7-4-10-18/h8-9,11,14H,3,5-6,10,12-13,18H2,1-2H3. The molecule has 1 aromatic carbocycles. The van der Waals surface area contributed by atoms with Crippen LogP contribution in [0, 0.1) is 17.8 Å². The predicted molar refractivity (Wildman–Crippen MR) is 82.6 cm³/mol. The fraction of sp³-hybridized carbons (Fsp3) is 0.529. The van der Waals surface area contributed by atoms with Crippen LogP contribution in [0.1, 0.15) is 30.4 Å². The molecule has 0 radical (unpaired) electrons. The quantitative estimate of drug-likeness (QED) is 0.835. The van der Waals surface area contributed by atoms with E-state index in [1.165, 1.54) is 31.4 Å². The Morgan fingerprint density at radius 2 is 2.20 bits per heavy atom. The Hall–Kier alpha value is -1.50. The van der Waals surface area contributed by atoms with Crippen LogP contribution in [0.25, 0.3) is 0 Å². The summed E-state index contributed by atoms with van der Waals surface area (Å²) in [4.78, 5) is 2.38. The van der Waals surface area contributed by atoms with Crippen molar-refractivity contribution >= 4 is 0 Å². The molecule has 0 saturated heterocycles. The van der Waals surface area contributed by atoms with Gasteiger partial charge in [-0.15, -0.1) is 0 Å². The van der Waals surface area contributed by atoms with E-state index in [1.807, 2.05) is 12.1 Å². The summed E-state index contributed by atoms with van der Waals surface area (Å²) in [6, 6.07) is 6.06. The van der Waals surface area contributed by atoms with Crippen molar-refractivity contribution in [2.45, 2.75) is 25.8 Å². The lowest BCUT2D eigenvalue weighted by molar-refractivity contribution is 0.200. The molecule has 0 atom stereocenters. The van der Waals surface area contributed by atoms with E-state index < -0.39 is 0 Å². The van der Waals surface area contributed by atoms with Gasteiger partial charge in [-0.3, -0.25) is 0 Å². The smallest absolute Gasteiger partial charge is 0.119 e. The second-order valence-electron chi connectivity index (χ2n) is 5.52. The number of hydrogen-bond donors (Lipinski definition) is 1. The molecule has 1 aliphatic rings. The molecule has 3 nitrogen and oxygen atoms in total. The van der Waals surface area contributed by atoms with Gasteiger partial charge in [-0.1, -0.05) is 18.3 Å². The van der Waals surface area contributed by atoms with Crippen molar-refractivity contribution in [2.75, 3.05) is 27.2 Å². The lowest BCUT2D eigenvalue weighted by atomic mass is 9.85. The highest BCUT2D eigenvalue weighted by Crippen LogP contribution is 2.27. The van der Waals surface area contributed by atoms with Gasteiger partial charge in [-0.2, -0.15) is 0 Å². The molecule has 3 heteroatoms. The molecule has 1 fully saturated rings. The zero-order chi connectivity index (χ0) is 14.4. The number of rotatable bonds is 5. The van der Waals surface area contributed by atoms with Crippen LogP contribution in [0.4, 0.5) is 0 Å². The van der Waals surface area contributed by atoms with Gasteiger partial charge in [0, 0.05) is 18.7 Å². The fourth-order valence-corrected chi connectivity index (χ4v) is 2.57. The highest BCUT2D eigenvalue weighted by atomic mass is 16.5. The van der Waals surface area contributed by atoms with E-state index in [4.69, 9.17) is 10.5 Å². The summed E-state index contributed by atoms with van der Waals surface area (Å²) in [5, 5.41) is 0. The first-order valence-electron chi connectivity index (χ1n) is 7.27. The van der Waals surface area contributed by atoms with Crippen LogP contribution in [0.15, 0.2) is 18.2 Å². The minimum absolute atomic E-state index is 0.392. The van der Waals surface area contributed by atoms with E-state index in [0.717, 1.165) is 23.8 Å². The van der Waals surface area contributed by atoms with Gasteiger partial charge in [-0.25, -0.2) is 0 Å². The summed E-state index contributed by atoms with van der Waals surface area (Å²) in [6.07, 6.45) is 4.15. The summed E-state index contributed by atoms with van der Waals surface area (Å²) in [5.41, 5.74) is 7.73. The van der Waals surface area contributed by atoms with Gasteiger partial charge < -0.3 is 15.4 Å². The molecule has 0 amide bonds. The zero-order valence-corrected chi connectivity index (χ0v) is 12.5. The van der Waals surface area contributed by atoms with Crippen LogP contribution >= 0.6 is 0 Å². The number of ether oxygens (including phenoxy) is 1. The van der Waals surface area contributed by atoms with Crippen LogP contribution in [0.3, 0.4) is 0 Å². The van der Waals surface area contributed by atoms with Gasteiger partial charge in [0.25, 0.3) is 0 Å². The van der Waals surface area contributed by atoms with Gasteiger partial charge in [0.2, 0.25) is 0 Å². The maximum Gasteiger partial charge on any atom is 0.119 e. The molecule has 2 rings (SSSR count). The normalized spacial score (nSPS) is 14.6. The zero-order valence-electron chi connectivity index (χ0n) is 12.5. The molecule has 1 saturated carbocycles. The maximum absolute atomic E-state index is 5.47. The van der Waals surface area contributed by atoms with Crippen molar-refractivity contribution in [3.63, 3.8) is 0 Å². The van der Waals surface area contributed by atoms with Crippen LogP contribution in [-0.4, -0.2) is 32.1 Å². The topological polar surface area (TPSA) is 38.5 Å². The molecule has 108 valence electrons. The minimum Gasteiger partial charge on any atom is -0.497 e. The molecule has 2 N–H and O–H groups in total. The molecule has 0 heterocycles. The molecule has 20 heavy (non-hydrogen) atoms. The predicted octanol–water partition coefficient (Wildman–Crippen LogP) is 2.24. The highest BCUT2D eigenvalue weighted by Gasteiger charge is 2.19. The number of methoxy groups -OCH3 is 1. The summed E-state index contributed by atoms with van der Waals surface area (Å²) in [6.45, 7) is 2.46. The van der Waals surface area contributed by atoms with E-state index in [9.17, 15) is 0 Å². The second kappa shape index (κ2) is 7.33. The fourth-order valence-electron chi connectivity index (χ4n) is 2.57. The van der Waals surface area contributed by atoms with Gasteiger partial charge in [-0.05, 0) is 49.6 Å². The van der Waals surface area contributed by atoms with Crippen molar-refractivity contribution in [1.29, 1.82) is 0 Å².